The Morgan fingerprint density at radius 3 is 3.00 bits per heavy atom. The number of anilines is 1. The van der Waals surface area contributed by atoms with E-state index in [4.69, 9.17) is 15.2 Å². The number of carbonyl (C=O) groups excluding carboxylic acids is 1. The second-order valence-electron chi connectivity index (χ2n) is 2.93. The van der Waals surface area contributed by atoms with Gasteiger partial charge in [0.05, 0.1) is 19.8 Å². The van der Waals surface area contributed by atoms with Crippen LogP contribution in [0.15, 0.2) is 5.38 Å². The van der Waals surface area contributed by atoms with Crippen LogP contribution in [0.2, 0.25) is 0 Å². The number of hydrogen-bond acceptors (Lipinski definition) is 6. The first-order valence-electron chi connectivity index (χ1n) is 4.80. The zero-order chi connectivity index (χ0) is 11.8. The molecule has 1 aromatic rings. The van der Waals surface area contributed by atoms with Crippen LogP contribution >= 0.6 is 11.3 Å². The molecule has 3 N–H and O–H groups in total. The number of thiazole rings is 1. The predicted octanol–water partition coefficient (Wildman–Crippen LogP) is 0.118. The fourth-order valence-corrected chi connectivity index (χ4v) is 1.51. The maximum Gasteiger partial charge on any atom is 0.270 e. The van der Waals surface area contributed by atoms with Gasteiger partial charge in [0, 0.05) is 19.0 Å². The van der Waals surface area contributed by atoms with E-state index in [9.17, 15) is 4.79 Å². The number of ether oxygens (including phenoxy) is 2. The molecule has 0 atom stereocenters. The highest BCUT2D eigenvalue weighted by atomic mass is 32.1. The zero-order valence-corrected chi connectivity index (χ0v) is 9.88. The van der Waals surface area contributed by atoms with Crippen molar-refractivity contribution in [2.45, 2.75) is 0 Å². The molecule has 1 heterocycles. The molecule has 16 heavy (non-hydrogen) atoms. The number of nitrogens with two attached hydrogens (primary N) is 1. The smallest absolute Gasteiger partial charge is 0.270 e. The molecular weight excluding hydrogens is 230 g/mol. The fraction of sp³-hybridized carbons (Fsp3) is 0.556. The molecule has 0 fully saturated rings. The summed E-state index contributed by atoms with van der Waals surface area (Å²) in [6.07, 6.45) is 0. The maximum absolute atomic E-state index is 11.4. The van der Waals surface area contributed by atoms with Crippen LogP contribution in [-0.2, 0) is 9.47 Å². The molecule has 0 aliphatic carbocycles. The Balaban J connectivity index is 2.11. The largest absolute Gasteiger partial charge is 0.382 e. The van der Waals surface area contributed by atoms with Crippen molar-refractivity contribution in [3.63, 3.8) is 0 Å². The standard InChI is InChI=1S/C9H15N3O3S/c1-14-4-5-15-3-2-11-8(13)7-6-16-9(10)12-7/h6H,2-5H2,1H3,(H2,10,12)(H,11,13). The van der Waals surface area contributed by atoms with Crippen molar-refractivity contribution in [1.29, 1.82) is 0 Å². The molecular formula is C9H15N3O3S. The zero-order valence-electron chi connectivity index (χ0n) is 9.06. The van der Waals surface area contributed by atoms with Gasteiger partial charge < -0.3 is 20.5 Å². The number of hydrogen-bond donors (Lipinski definition) is 2. The van der Waals surface area contributed by atoms with E-state index >= 15 is 0 Å². The maximum atomic E-state index is 11.4. The topological polar surface area (TPSA) is 86.5 Å². The Bertz CT molecular complexity index is 330. The van der Waals surface area contributed by atoms with Gasteiger partial charge in [0.25, 0.3) is 5.91 Å². The first-order chi connectivity index (χ1) is 7.74. The van der Waals surface area contributed by atoms with Gasteiger partial charge in [-0.05, 0) is 0 Å². The lowest BCUT2D eigenvalue weighted by atomic mass is 10.4. The number of nitrogen functional groups attached to an aromatic ring is 1. The quantitative estimate of drug-likeness (QED) is 0.666. The number of nitrogens with zero attached hydrogens (tertiary/aromatic N) is 1. The number of aromatic nitrogens is 1. The minimum atomic E-state index is -0.233. The second kappa shape index (κ2) is 7.15. The van der Waals surface area contributed by atoms with Gasteiger partial charge in [-0.15, -0.1) is 11.3 Å². The Labute approximate surface area is 97.8 Å². The molecule has 90 valence electrons. The van der Waals surface area contributed by atoms with Crippen molar-refractivity contribution < 1.29 is 14.3 Å². The first kappa shape index (κ1) is 12.9. The normalized spacial score (nSPS) is 10.3. The average Bonchev–Trinajstić information content (AvgIpc) is 2.70. The molecule has 0 saturated carbocycles. The lowest BCUT2D eigenvalue weighted by Crippen LogP contribution is -2.27. The lowest BCUT2D eigenvalue weighted by Gasteiger charge is -2.04. The van der Waals surface area contributed by atoms with E-state index in [1.54, 1.807) is 12.5 Å². The fourth-order valence-electron chi connectivity index (χ4n) is 0.964. The third-order valence-electron chi connectivity index (χ3n) is 1.72. The van der Waals surface area contributed by atoms with Gasteiger partial charge in [-0.3, -0.25) is 4.79 Å². The molecule has 1 rings (SSSR count). The van der Waals surface area contributed by atoms with Crippen molar-refractivity contribution in [2.75, 3.05) is 39.2 Å². The molecule has 0 unspecified atom stereocenters. The molecule has 1 aromatic heterocycles. The molecule has 0 saturated heterocycles. The van der Waals surface area contributed by atoms with E-state index in [2.05, 4.69) is 10.3 Å². The Morgan fingerprint density at radius 1 is 1.56 bits per heavy atom. The van der Waals surface area contributed by atoms with Gasteiger partial charge in [-0.2, -0.15) is 0 Å². The van der Waals surface area contributed by atoms with E-state index in [0.717, 1.165) is 0 Å². The van der Waals surface area contributed by atoms with E-state index in [1.807, 2.05) is 0 Å². The van der Waals surface area contributed by atoms with Gasteiger partial charge in [0.1, 0.15) is 5.69 Å². The van der Waals surface area contributed by atoms with Crippen LogP contribution in [0.1, 0.15) is 10.5 Å². The molecule has 1 amide bonds. The average molecular weight is 245 g/mol. The van der Waals surface area contributed by atoms with Crippen LogP contribution in [0.5, 0.6) is 0 Å². The molecule has 7 heteroatoms. The Kier molecular flexibility index (Phi) is 5.76. The van der Waals surface area contributed by atoms with Crippen LogP contribution < -0.4 is 11.1 Å². The molecule has 0 aromatic carbocycles. The first-order valence-corrected chi connectivity index (χ1v) is 5.68. The van der Waals surface area contributed by atoms with E-state index < -0.39 is 0 Å². The third-order valence-corrected chi connectivity index (χ3v) is 2.39. The molecule has 0 aliphatic heterocycles. The van der Waals surface area contributed by atoms with Crippen LogP contribution in [0.25, 0.3) is 0 Å². The van der Waals surface area contributed by atoms with Gasteiger partial charge in [-0.25, -0.2) is 4.98 Å². The van der Waals surface area contributed by atoms with Gasteiger partial charge >= 0.3 is 0 Å². The highest BCUT2D eigenvalue weighted by Crippen LogP contribution is 2.10. The lowest BCUT2D eigenvalue weighted by molar-refractivity contribution is 0.0692. The third kappa shape index (κ3) is 4.56. The summed E-state index contributed by atoms with van der Waals surface area (Å²) in [6, 6.07) is 0. The molecule has 0 aliphatic rings. The second-order valence-corrected chi connectivity index (χ2v) is 3.82. The highest BCUT2D eigenvalue weighted by Gasteiger charge is 2.08. The van der Waals surface area contributed by atoms with Crippen molar-refractivity contribution in [3.8, 4) is 0 Å². The monoisotopic (exact) mass is 245 g/mol. The van der Waals surface area contributed by atoms with E-state index in [-0.39, 0.29) is 5.91 Å². The molecule has 0 spiro atoms. The van der Waals surface area contributed by atoms with Gasteiger partial charge in [-0.1, -0.05) is 0 Å². The van der Waals surface area contributed by atoms with E-state index in [1.165, 1.54) is 11.3 Å². The summed E-state index contributed by atoms with van der Waals surface area (Å²) in [4.78, 5) is 15.3. The molecule has 0 radical (unpaired) electrons. The summed E-state index contributed by atoms with van der Waals surface area (Å²) in [7, 11) is 1.61. The van der Waals surface area contributed by atoms with E-state index in [0.29, 0.717) is 37.2 Å². The summed E-state index contributed by atoms with van der Waals surface area (Å²) in [6.45, 7) is 1.97. The number of methoxy groups -OCH3 is 1. The highest BCUT2D eigenvalue weighted by molar-refractivity contribution is 7.13. The number of nitrogens with one attached hydrogen (secondary N) is 1. The van der Waals surface area contributed by atoms with Crippen LogP contribution in [-0.4, -0.2) is 44.4 Å². The van der Waals surface area contributed by atoms with Crippen LogP contribution in [0, 0.1) is 0 Å². The number of rotatable bonds is 7. The van der Waals surface area contributed by atoms with Gasteiger partial charge in [0.15, 0.2) is 5.13 Å². The minimum Gasteiger partial charge on any atom is -0.382 e. The van der Waals surface area contributed by atoms with Crippen molar-refractivity contribution >= 4 is 22.4 Å². The summed E-state index contributed by atoms with van der Waals surface area (Å²) >= 11 is 1.24. The Hall–Kier alpha value is -1.18. The van der Waals surface area contributed by atoms with Crippen molar-refractivity contribution in [1.82, 2.24) is 10.3 Å². The number of amides is 1. The predicted molar refractivity (Wildman–Crippen MR) is 61.6 cm³/mol. The van der Waals surface area contributed by atoms with Crippen molar-refractivity contribution in [3.05, 3.63) is 11.1 Å². The van der Waals surface area contributed by atoms with Crippen LogP contribution in [0.4, 0.5) is 5.13 Å². The summed E-state index contributed by atoms with van der Waals surface area (Å²) in [5, 5.41) is 4.68. The van der Waals surface area contributed by atoms with Crippen LogP contribution in [0.3, 0.4) is 0 Å². The SMILES string of the molecule is COCCOCCNC(=O)c1csc(N)n1. The Morgan fingerprint density at radius 2 is 2.38 bits per heavy atom. The van der Waals surface area contributed by atoms with Crippen molar-refractivity contribution in [2.24, 2.45) is 0 Å². The molecule has 0 bridgehead atoms. The van der Waals surface area contributed by atoms with Gasteiger partial charge in [0.2, 0.25) is 0 Å². The summed E-state index contributed by atoms with van der Waals surface area (Å²) in [5.74, 6) is -0.233. The minimum absolute atomic E-state index is 0.233. The number of carbonyl (C=O) groups is 1. The summed E-state index contributed by atoms with van der Waals surface area (Å²) in [5.41, 5.74) is 5.76. The molecule has 6 nitrogen and oxygen atoms in total. The summed E-state index contributed by atoms with van der Waals surface area (Å²) < 4.78 is 9.99.